The quantitative estimate of drug-likeness (QED) is 0.575. The van der Waals surface area contributed by atoms with Crippen LogP contribution in [-0.4, -0.2) is 23.6 Å². The van der Waals surface area contributed by atoms with Gasteiger partial charge in [0.15, 0.2) is 0 Å². The van der Waals surface area contributed by atoms with Crippen molar-refractivity contribution in [1.29, 1.82) is 0 Å². The normalized spacial score (nSPS) is 16.0. The maximum atomic E-state index is 4.41. The molecule has 2 rings (SSSR count). The molecule has 0 aromatic carbocycles. The van der Waals surface area contributed by atoms with E-state index < -0.39 is 0 Å². The summed E-state index contributed by atoms with van der Waals surface area (Å²) in [6, 6.07) is 0. The lowest BCUT2D eigenvalue weighted by molar-refractivity contribution is 0.714. The van der Waals surface area contributed by atoms with E-state index in [0.29, 0.717) is 0 Å². The highest BCUT2D eigenvalue weighted by Crippen LogP contribution is 2.22. The summed E-state index contributed by atoms with van der Waals surface area (Å²) in [6.07, 6.45) is 4.24. The maximum Gasteiger partial charge on any atom is 0.125 e. The first-order valence-electron chi connectivity index (χ1n) is 4.31. The SMILES string of the molecule is Cc1ncc2c(n1)CCCN2C. The van der Waals surface area contributed by atoms with Gasteiger partial charge < -0.3 is 4.90 Å². The van der Waals surface area contributed by atoms with Gasteiger partial charge in [-0.05, 0) is 19.8 Å². The monoisotopic (exact) mass is 163 g/mol. The van der Waals surface area contributed by atoms with Gasteiger partial charge in [-0.3, -0.25) is 0 Å². The van der Waals surface area contributed by atoms with Crippen molar-refractivity contribution in [3.8, 4) is 0 Å². The average Bonchev–Trinajstić information content (AvgIpc) is 2.04. The third kappa shape index (κ3) is 1.15. The van der Waals surface area contributed by atoms with Crippen LogP contribution in [0.15, 0.2) is 6.20 Å². The summed E-state index contributed by atoms with van der Waals surface area (Å²) < 4.78 is 0. The Morgan fingerprint density at radius 1 is 1.50 bits per heavy atom. The van der Waals surface area contributed by atoms with Crippen molar-refractivity contribution in [2.24, 2.45) is 0 Å². The number of anilines is 1. The van der Waals surface area contributed by atoms with Crippen molar-refractivity contribution in [3.63, 3.8) is 0 Å². The van der Waals surface area contributed by atoms with Crippen LogP contribution in [0.25, 0.3) is 0 Å². The molecule has 1 aromatic rings. The van der Waals surface area contributed by atoms with Gasteiger partial charge in [0.2, 0.25) is 0 Å². The second-order valence-corrected chi connectivity index (χ2v) is 3.27. The smallest absolute Gasteiger partial charge is 0.125 e. The Morgan fingerprint density at radius 2 is 2.33 bits per heavy atom. The summed E-state index contributed by atoms with van der Waals surface area (Å²) in [5, 5.41) is 0. The van der Waals surface area contributed by atoms with Gasteiger partial charge in [-0.2, -0.15) is 0 Å². The summed E-state index contributed by atoms with van der Waals surface area (Å²) in [6.45, 7) is 3.06. The van der Waals surface area contributed by atoms with Crippen LogP contribution in [0.3, 0.4) is 0 Å². The summed E-state index contributed by atoms with van der Waals surface area (Å²) >= 11 is 0. The Kier molecular flexibility index (Phi) is 1.71. The second-order valence-electron chi connectivity index (χ2n) is 3.27. The molecule has 0 saturated heterocycles. The number of rotatable bonds is 0. The molecule has 0 aliphatic carbocycles. The molecule has 0 saturated carbocycles. The Morgan fingerprint density at radius 3 is 3.17 bits per heavy atom. The molecule has 1 aliphatic heterocycles. The van der Waals surface area contributed by atoms with Crippen LogP contribution in [0, 0.1) is 6.92 Å². The average molecular weight is 163 g/mol. The number of hydrogen-bond donors (Lipinski definition) is 0. The van der Waals surface area contributed by atoms with Crippen LogP contribution in [0.2, 0.25) is 0 Å². The summed E-state index contributed by atoms with van der Waals surface area (Å²) in [4.78, 5) is 10.8. The van der Waals surface area contributed by atoms with Gasteiger partial charge in [-0.15, -0.1) is 0 Å². The van der Waals surface area contributed by atoms with Crippen LogP contribution in [0.1, 0.15) is 17.9 Å². The zero-order valence-corrected chi connectivity index (χ0v) is 7.54. The second kappa shape index (κ2) is 2.73. The predicted molar refractivity (Wildman–Crippen MR) is 48.4 cm³/mol. The van der Waals surface area contributed by atoms with Gasteiger partial charge in [-0.1, -0.05) is 0 Å². The molecular formula is C9H13N3. The Labute approximate surface area is 72.4 Å². The molecule has 0 radical (unpaired) electrons. The molecule has 0 amide bonds. The fourth-order valence-electron chi connectivity index (χ4n) is 1.62. The molecule has 0 N–H and O–H groups in total. The molecule has 0 atom stereocenters. The number of hydrogen-bond acceptors (Lipinski definition) is 3. The number of aryl methyl sites for hydroxylation is 2. The Hall–Kier alpha value is -1.12. The molecule has 64 valence electrons. The largest absolute Gasteiger partial charge is 0.372 e. The van der Waals surface area contributed by atoms with Crippen molar-refractivity contribution >= 4 is 5.69 Å². The first-order chi connectivity index (χ1) is 5.77. The first kappa shape index (κ1) is 7.53. The molecule has 3 nitrogen and oxygen atoms in total. The summed E-state index contributed by atoms with van der Waals surface area (Å²) in [7, 11) is 2.09. The third-order valence-electron chi connectivity index (χ3n) is 2.28. The van der Waals surface area contributed by atoms with Crippen LogP contribution in [0.5, 0.6) is 0 Å². The van der Waals surface area contributed by atoms with Crippen LogP contribution >= 0.6 is 0 Å². The highest BCUT2D eigenvalue weighted by atomic mass is 15.1. The van der Waals surface area contributed by atoms with Crippen molar-refractivity contribution in [1.82, 2.24) is 9.97 Å². The molecule has 1 aliphatic rings. The van der Waals surface area contributed by atoms with Crippen molar-refractivity contribution in [2.75, 3.05) is 18.5 Å². The third-order valence-corrected chi connectivity index (χ3v) is 2.28. The van der Waals surface area contributed by atoms with E-state index >= 15 is 0 Å². The van der Waals surface area contributed by atoms with E-state index in [4.69, 9.17) is 0 Å². The van der Waals surface area contributed by atoms with Crippen molar-refractivity contribution in [2.45, 2.75) is 19.8 Å². The number of fused-ring (bicyclic) bond motifs is 1. The standard InChI is InChI=1S/C9H13N3/c1-7-10-6-9-8(11-7)4-3-5-12(9)2/h6H,3-5H2,1-2H3. The molecule has 0 spiro atoms. The van der Waals surface area contributed by atoms with E-state index in [9.17, 15) is 0 Å². The lowest BCUT2D eigenvalue weighted by Crippen LogP contribution is -2.25. The lowest BCUT2D eigenvalue weighted by atomic mass is 10.1. The van der Waals surface area contributed by atoms with Gasteiger partial charge in [0.1, 0.15) is 5.82 Å². The van der Waals surface area contributed by atoms with Crippen LogP contribution in [-0.2, 0) is 6.42 Å². The molecule has 2 heterocycles. The summed E-state index contributed by atoms with van der Waals surface area (Å²) in [5.41, 5.74) is 2.41. The zero-order valence-electron chi connectivity index (χ0n) is 7.54. The number of aromatic nitrogens is 2. The van der Waals surface area contributed by atoms with E-state index in [0.717, 1.165) is 18.8 Å². The van der Waals surface area contributed by atoms with Gasteiger partial charge >= 0.3 is 0 Å². The fraction of sp³-hybridized carbons (Fsp3) is 0.556. The predicted octanol–water partition coefficient (Wildman–Crippen LogP) is 1.17. The Balaban J connectivity index is 2.46. The topological polar surface area (TPSA) is 29.0 Å². The highest BCUT2D eigenvalue weighted by molar-refractivity contribution is 5.49. The van der Waals surface area contributed by atoms with E-state index in [2.05, 4.69) is 21.9 Å². The highest BCUT2D eigenvalue weighted by Gasteiger charge is 2.14. The zero-order chi connectivity index (χ0) is 8.55. The van der Waals surface area contributed by atoms with Crippen molar-refractivity contribution < 1.29 is 0 Å². The number of nitrogens with zero attached hydrogens (tertiary/aromatic N) is 3. The van der Waals surface area contributed by atoms with Crippen LogP contribution < -0.4 is 4.90 Å². The van der Waals surface area contributed by atoms with Gasteiger partial charge in [0, 0.05) is 13.6 Å². The van der Waals surface area contributed by atoms with Gasteiger partial charge in [0.25, 0.3) is 0 Å². The van der Waals surface area contributed by atoms with Gasteiger partial charge in [-0.25, -0.2) is 9.97 Å². The minimum absolute atomic E-state index is 0.879. The molecule has 0 fully saturated rings. The fourth-order valence-corrected chi connectivity index (χ4v) is 1.62. The lowest BCUT2D eigenvalue weighted by Gasteiger charge is -2.25. The van der Waals surface area contributed by atoms with E-state index in [1.54, 1.807) is 0 Å². The minimum atomic E-state index is 0.879. The van der Waals surface area contributed by atoms with Gasteiger partial charge in [0.05, 0.1) is 17.6 Å². The summed E-state index contributed by atoms with van der Waals surface area (Å²) in [5.74, 6) is 0.879. The van der Waals surface area contributed by atoms with E-state index in [-0.39, 0.29) is 0 Å². The molecular weight excluding hydrogens is 150 g/mol. The molecule has 0 unspecified atom stereocenters. The van der Waals surface area contributed by atoms with Crippen molar-refractivity contribution in [3.05, 3.63) is 17.7 Å². The first-order valence-corrected chi connectivity index (χ1v) is 4.31. The molecule has 1 aromatic heterocycles. The molecule has 0 bridgehead atoms. The maximum absolute atomic E-state index is 4.41. The van der Waals surface area contributed by atoms with E-state index in [1.807, 2.05) is 13.1 Å². The van der Waals surface area contributed by atoms with Crippen LogP contribution in [0.4, 0.5) is 5.69 Å². The molecule has 12 heavy (non-hydrogen) atoms. The Bertz CT molecular complexity index is 296. The minimum Gasteiger partial charge on any atom is -0.372 e. The van der Waals surface area contributed by atoms with E-state index in [1.165, 1.54) is 17.8 Å². The molecule has 3 heteroatoms.